The maximum Gasteiger partial charge on any atom is 0.169 e. The highest BCUT2D eigenvalue weighted by Gasteiger charge is 2.08. The highest BCUT2D eigenvalue weighted by molar-refractivity contribution is 7.80. The molecule has 0 fully saturated rings. The van der Waals surface area contributed by atoms with Crippen molar-refractivity contribution in [2.45, 2.75) is 6.54 Å². The molecular weight excluding hydrogens is 222 g/mol. The minimum atomic E-state index is 0.655. The summed E-state index contributed by atoms with van der Waals surface area (Å²) in [5.74, 6) is 0. The molecule has 0 aromatic carbocycles. The molecule has 0 aliphatic heterocycles. The number of ether oxygens (including phenoxy) is 1. The van der Waals surface area contributed by atoms with Crippen molar-refractivity contribution in [3.63, 3.8) is 0 Å². The summed E-state index contributed by atoms with van der Waals surface area (Å²) in [6, 6.07) is 3.96. The third-order valence-electron chi connectivity index (χ3n) is 2.16. The summed E-state index contributed by atoms with van der Waals surface area (Å²) in [6.45, 7) is 2.17. The first-order valence-corrected chi connectivity index (χ1v) is 5.53. The summed E-state index contributed by atoms with van der Waals surface area (Å²) in [4.78, 5) is 6.13. The van der Waals surface area contributed by atoms with Crippen molar-refractivity contribution in [3.05, 3.63) is 30.1 Å². The Kier molecular flexibility index (Phi) is 5.74. The largest absolute Gasteiger partial charge is 0.383 e. The first-order valence-electron chi connectivity index (χ1n) is 5.12. The number of nitrogens with zero attached hydrogens (tertiary/aromatic N) is 2. The van der Waals surface area contributed by atoms with Crippen LogP contribution in [0, 0.1) is 0 Å². The second-order valence-corrected chi connectivity index (χ2v) is 3.72. The molecule has 0 spiro atoms. The van der Waals surface area contributed by atoms with Gasteiger partial charge in [-0.05, 0) is 23.8 Å². The Bertz CT molecular complexity index is 318. The van der Waals surface area contributed by atoms with Crippen LogP contribution >= 0.6 is 12.2 Å². The lowest BCUT2D eigenvalue weighted by Crippen LogP contribution is -2.39. The van der Waals surface area contributed by atoms with Crippen LogP contribution in [0.15, 0.2) is 24.5 Å². The third kappa shape index (κ3) is 4.12. The molecule has 0 saturated heterocycles. The van der Waals surface area contributed by atoms with E-state index in [4.69, 9.17) is 17.0 Å². The van der Waals surface area contributed by atoms with Gasteiger partial charge in [0.05, 0.1) is 6.61 Å². The smallest absolute Gasteiger partial charge is 0.169 e. The van der Waals surface area contributed by atoms with Gasteiger partial charge in [-0.15, -0.1) is 0 Å². The quantitative estimate of drug-likeness (QED) is 0.777. The number of methoxy groups -OCH3 is 1. The highest BCUT2D eigenvalue weighted by Crippen LogP contribution is 2.03. The number of aromatic nitrogens is 1. The number of hydrogen-bond acceptors (Lipinski definition) is 3. The van der Waals surface area contributed by atoms with Crippen molar-refractivity contribution in [2.24, 2.45) is 0 Å². The molecule has 0 radical (unpaired) electrons. The molecule has 0 aliphatic rings. The Balaban J connectivity index is 2.59. The topological polar surface area (TPSA) is 37.4 Å². The summed E-state index contributed by atoms with van der Waals surface area (Å²) in [7, 11) is 3.51. The maximum absolute atomic E-state index is 5.23. The summed E-state index contributed by atoms with van der Waals surface area (Å²) >= 11 is 5.23. The molecule has 4 nitrogen and oxygen atoms in total. The maximum atomic E-state index is 5.23. The molecule has 88 valence electrons. The Labute approximate surface area is 102 Å². The average molecular weight is 239 g/mol. The Morgan fingerprint density at radius 1 is 1.62 bits per heavy atom. The van der Waals surface area contributed by atoms with E-state index in [0.717, 1.165) is 23.8 Å². The Morgan fingerprint density at radius 3 is 3.00 bits per heavy atom. The summed E-state index contributed by atoms with van der Waals surface area (Å²) in [5, 5.41) is 3.70. The third-order valence-corrected chi connectivity index (χ3v) is 2.62. The SMILES string of the molecule is CNC(=S)N(CCOC)Cc1cccnc1. The van der Waals surface area contributed by atoms with Crippen LogP contribution in [0.4, 0.5) is 0 Å². The molecule has 1 aromatic heterocycles. The number of hydrogen-bond donors (Lipinski definition) is 1. The van der Waals surface area contributed by atoms with E-state index >= 15 is 0 Å². The Hall–Kier alpha value is -1.20. The monoisotopic (exact) mass is 239 g/mol. The van der Waals surface area contributed by atoms with E-state index in [1.54, 1.807) is 13.3 Å². The van der Waals surface area contributed by atoms with Crippen LogP contribution < -0.4 is 5.32 Å². The minimum Gasteiger partial charge on any atom is -0.383 e. The van der Waals surface area contributed by atoms with E-state index in [9.17, 15) is 0 Å². The highest BCUT2D eigenvalue weighted by atomic mass is 32.1. The van der Waals surface area contributed by atoms with Crippen LogP contribution in [0.5, 0.6) is 0 Å². The molecule has 5 heteroatoms. The molecule has 0 atom stereocenters. The van der Waals surface area contributed by atoms with E-state index in [-0.39, 0.29) is 0 Å². The van der Waals surface area contributed by atoms with E-state index in [1.807, 2.05) is 25.4 Å². The predicted molar refractivity (Wildman–Crippen MR) is 68.2 cm³/mol. The fourth-order valence-electron chi connectivity index (χ4n) is 1.32. The van der Waals surface area contributed by atoms with E-state index in [0.29, 0.717) is 6.61 Å². The van der Waals surface area contributed by atoms with Crippen molar-refractivity contribution in [1.29, 1.82) is 0 Å². The molecule has 1 aromatic rings. The van der Waals surface area contributed by atoms with Gasteiger partial charge in [-0.25, -0.2) is 0 Å². The van der Waals surface area contributed by atoms with Crippen LogP contribution in [0.25, 0.3) is 0 Å². The van der Waals surface area contributed by atoms with Crippen LogP contribution in [-0.2, 0) is 11.3 Å². The number of thiocarbonyl (C=S) groups is 1. The molecule has 1 heterocycles. The van der Waals surface area contributed by atoms with E-state index < -0.39 is 0 Å². The van der Waals surface area contributed by atoms with Crippen molar-refractivity contribution in [3.8, 4) is 0 Å². The lowest BCUT2D eigenvalue weighted by Gasteiger charge is -2.24. The summed E-state index contributed by atoms with van der Waals surface area (Å²) in [5.41, 5.74) is 1.14. The molecule has 16 heavy (non-hydrogen) atoms. The molecule has 0 bridgehead atoms. The van der Waals surface area contributed by atoms with Crippen LogP contribution in [-0.4, -0.2) is 42.3 Å². The second-order valence-electron chi connectivity index (χ2n) is 3.33. The molecule has 0 aliphatic carbocycles. The van der Waals surface area contributed by atoms with Crippen molar-refractivity contribution >= 4 is 17.3 Å². The Morgan fingerprint density at radius 2 is 2.44 bits per heavy atom. The van der Waals surface area contributed by atoms with Gasteiger partial charge in [0, 0.05) is 39.6 Å². The molecular formula is C11H17N3OS. The molecule has 1 N–H and O–H groups in total. The lowest BCUT2D eigenvalue weighted by molar-refractivity contribution is 0.174. The van der Waals surface area contributed by atoms with Gasteiger partial charge in [0.2, 0.25) is 0 Å². The minimum absolute atomic E-state index is 0.655. The van der Waals surface area contributed by atoms with Crippen LogP contribution in [0.2, 0.25) is 0 Å². The first kappa shape index (κ1) is 12.9. The van der Waals surface area contributed by atoms with Gasteiger partial charge in [0.25, 0.3) is 0 Å². The first-order chi connectivity index (χ1) is 7.77. The van der Waals surface area contributed by atoms with Gasteiger partial charge in [-0.1, -0.05) is 6.07 Å². The van der Waals surface area contributed by atoms with Gasteiger partial charge in [0.15, 0.2) is 5.11 Å². The summed E-state index contributed by atoms with van der Waals surface area (Å²) in [6.07, 6.45) is 3.61. The zero-order chi connectivity index (χ0) is 11.8. The number of pyridine rings is 1. The fraction of sp³-hybridized carbons (Fsp3) is 0.455. The number of rotatable bonds is 5. The fourth-order valence-corrected chi connectivity index (χ4v) is 1.48. The number of nitrogens with one attached hydrogen (secondary N) is 1. The van der Waals surface area contributed by atoms with Crippen LogP contribution in [0.1, 0.15) is 5.56 Å². The molecule has 0 saturated carbocycles. The van der Waals surface area contributed by atoms with Gasteiger partial charge in [-0.2, -0.15) is 0 Å². The summed E-state index contributed by atoms with van der Waals surface area (Å²) < 4.78 is 5.06. The average Bonchev–Trinajstić information content (AvgIpc) is 2.34. The second kappa shape index (κ2) is 7.14. The van der Waals surface area contributed by atoms with E-state index in [2.05, 4.69) is 15.2 Å². The van der Waals surface area contributed by atoms with Gasteiger partial charge >= 0.3 is 0 Å². The van der Waals surface area contributed by atoms with Gasteiger partial charge in [0.1, 0.15) is 0 Å². The zero-order valence-electron chi connectivity index (χ0n) is 9.64. The lowest BCUT2D eigenvalue weighted by atomic mass is 10.2. The normalized spacial score (nSPS) is 9.88. The van der Waals surface area contributed by atoms with Gasteiger partial charge in [-0.3, -0.25) is 4.98 Å². The predicted octanol–water partition coefficient (Wildman–Crippen LogP) is 1.03. The van der Waals surface area contributed by atoms with Crippen molar-refractivity contribution < 1.29 is 4.74 Å². The van der Waals surface area contributed by atoms with Crippen molar-refractivity contribution in [2.75, 3.05) is 27.3 Å². The molecule has 1 rings (SSSR count). The molecule has 0 unspecified atom stereocenters. The molecule has 0 amide bonds. The van der Waals surface area contributed by atoms with Gasteiger partial charge < -0.3 is 15.0 Å². The van der Waals surface area contributed by atoms with E-state index in [1.165, 1.54) is 0 Å². The van der Waals surface area contributed by atoms with Crippen LogP contribution in [0.3, 0.4) is 0 Å². The van der Waals surface area contributed by atoms with Crippen molar-refractivity contribution in [1.82, 2.24) is 15.2 Å². The standard InChI is InChI=1S/C11H17N3OS/c1-12-11(16)14(6-7-15-2)9-10-4-3-5-13-8-10/h3-5,8H,6-7,9H2,1-2H3,(H,12,16). The zero-order valence-corrected chi connectivity index (χ0v) is 10.5.